The largest absolute Gasteiger partial charge is 0.416 e. The van der Waals surface area contributed by atoms with Crippen molar-refractivity contribution >= 4 is 22.7 Å². The van der Waals surface area contributed by atoms with Crippen molar-refractivity contribution in [3.05, 3.63) is 70.3 Å². The van der Waals surface area contributed by atoms with E-state index in [2.05, 4.69) is 51.5 Å². The molecule has 2 aromatic carbocycles. The zero-order valence-corrected chi connectivity index (χ0v) is 23.8. The number of alkyl halides is 3. The first kappa shape index (κ1) is 27.5. The zero-order chi connectivity index (χ0) is 28.7. The molecule has 216 valence electrons. The van der Waals surface area contributed by atoms with Gasteiger partial charge in [0.2, 0.25) is 0 Å². The summed E-state index contributed by atoms with van der Waals surface area (Å²) >= 11 is 0. The van der Waals surface area contributed by atoms with Crippen molar-refractivity contribution in [2.24, 2.45) is 18.9 Å². The molecule has 6 rings (SSSR count). The molecular formula is C31H36F3N7. The van der Waals surface area contributed by atoms with Crippen LogP contribution in [0.1, 0.15) is 60.4 Å². The van der Waals surface area contributed by atoms with Crippen LogP contribution in [0.5, 0.6) is 0 Å². The number of para-hydroxylation sites is 1. The predicted octanol–water partition coefficient (Wildman–Crippen LogP) is 6.48. The minimum Gasteiger partial charge on any atom is -0.356 e. The SMILES string of the molecule is CCc1cccc2cc(CN(Cc3cc(C)cc(C(F)(F)F)c3)c3nnn(C)n3)c(N(CC3CC3)CC3CC3)nc12. The summed E-state index contributed by atoms with van der Waals surface area (Å²) < 4.78 is 41.0. The van der Waals surface area contributed by atoms with E-state index in [1.807, 2.05) is 4.90 Å². The van der Waals surface area contributed by atoms with E-state index in [9.17, 15) is 13.2 Å². The lowest BCUT2D eigenvalue weighted by Crippen LogP contribution is -2.32. The Morgan fingerprint density at radius 2 is 1.66 bits per heavy atom. The molecule has 0 saturated heterocycles. The van der Waals surface area contributed by atoms with Gasteiger partial charge in [0.15, 0.2) is 0 Å². The number of fused-ring (bicyclic) bond motifs is 1. The quantitative estimate of drug-likeness (QED) is 0.208. The molecule has 2 aromatic heterocycles. The Kier molecular flexibility index (Phi) is 7.34. The average Bonchev–Trinajstić information content (AvgIpc) is 3.87. The topological polar surface area (TPSA) is 63.0 Å². The summed E-state index contributed by atoms with van der Waals surface area (Å²) in [6.07, 6.45) is 1.45. The van der Waals surface area contributed by atoms with Crippen molar-refractivity contribution in [1.82, 2.24) is 25.2 Å². The van der Waals surface area contributed by atoms with Crippen LogP contribution in [-0.2, 0) is 32.7 Å². The Hall–Kier alpha value is -3.69. The molecule has 2 fully saturated rings. The van der Waals surface area contributed by atoms with Crippen LogP contribution in [0.3, 0.4) is 0 Å². The van der Waals surface area contributed by atoms with Gasteiger partial charge in [-0.2, -0.15) is 18.0 Å². The van der Waals surface area contributed by atoms with Crippen LogP contribution >= 0.6 is 0 Å². The first-order valence-electron chi connectivity index (χ1n) is 14.5. The van der Waals surface area contributed by atoms with Crippen LogP contribution in [0.25, 0.3) is 10.9 Å². The van der Waals surface area contributed by atoms with E-state index in [0.717, 1.165) is 41.8 Å². The first-order chi connectivity index (χ1) is 19.7. The van der Waals surface area contributed by atoms with E-state index >= 15 is 0 Å². The predicted molar refractivity (Wildman–Crippen MR) is 154 cm³/mol. The molecule has 0 unspecified atom stereocenters. The van der Waals surface area contributed by atoms with Gasteiger partial charge in [0.25, 0.3) is 5.95 Å². The number of pyridine rings is 1. The van der Waals surface area contributed by atoms with Crippen molar-refractivity contribution in [3.8, 4) is 0 Å². The summed E-state index contributed by atoms with van der Waals surface area (Å²) in [4.78, 5) is 11.1. The Morgan fingerprint density at radius 1 is 0.927 bits per heavy atom. The lowest BCUT2D eigenvalue weighted by molar-refractivity contribution is -0.137. The van der Waals surface area contributed by atoms with Gasteiger partial charge >= 0.3 is 6.18 Å². The smallest absolute Gasteiger partial charge is 0.356 e. The summed E-state index contributed by atoms with van der Waals surface area (Å²) in [5.74, 6) is 2.70. The van der Waals surface area contributed by atoms with E-state index in [4.69, 9.17) is 4.98 Å². The van der Waals surface area contributed by atoms with Crippen LogP contribution in [0.15, 0.2) is 42.5 Å². The van der Waals surface area contributed by atoms with E-state index in [-0.39, 0.29) is 6.54 Å². The number of anilines is 2. The molecular weight excluding hydrogens is 527 g/mol. The number of aryl methyl sites for hydroxylation is 3. The molecule has 0 N–H and O–H groups in total. The second-order valence-electron chi connectivity index (χ2n) is 11.7. The Balaban J connectivity index is 1.43. The maximum Gasteiger partial charge on any atom is 0.416 e. The standard InChI is InChI=1S/C31H36F3N7/c1-4-24-6-5-7-25-15-26(29(35-28(24)25)40(16-21-8-9-21)17-22-10-11-22)19-41(30-36-38-39(3)37-30)18-23-12-20(2)13-27(14-23)31(32,33)34/h5-7,12-15,21-22H,4,8-11,16-19H2,1-3H3. The highest BCUT2D eigenvalue weighted by atomic mass is 19.4. The molecule has 4 aromatic rings. The van der Waals surface area contributed by atoms with Gasteiger partial charge in [-0.1, -0.05) is 41.9 Å². The molecule has 2 saturated carbocycles. The van der Waals surface area contributed by atoms with Gasteiger partial charge in [-0.3, -0.25) is 0 Å². The lowest BCUT2D eigenvalue weighted by atomic mass is 10.0. The minimum atomic E-state index is -4.42. The molecule has 0 bridgehead atoms. The highest BCUT2D eigenvalue weighted by molar-refractivity contribution is 5.85. The summed E-state index contributed by atoms with van der Waals surface area (Å²) in [5.41, 5.74) is 3.69. The van der Waals surface area contributed by atoms with E-state index < -0.39 is 11.7 Å². The number of rotatable bonds is 11. The minimum absolute atomic E-state index is 0.203. The van der Waals surface area contributed by atoms with Crippen LogP contribution in [0.4, 0.5) is 24.9 Å². The summed E-state index contributed by atoms with van der Waals surface area (Å²) in [7, 11) is 1.69. The molecule has 0 atom stereocenters. The fraction of sp³-hybridized carbons (Fsp3) is 0.484. The van der Waals surface area contributed by atoms with Gasteiger partial charge in [-0.05, 0) is 85.4 Å². The van der Waals surface area contributed by atoms with Gasteiger partial charge in [0.1, 0.15) is 5.82 Å². The summed E-state index contributed by atoms with van der Waals surface area (Å²) in [6, 6.07) is 12.7. The average molecular weight is 564 g/mol. The highest BCUT2D eigenvalue weighted by Gasteiger charge is 2.33. The maximum absolute atomic E-state index is 13.7. The number of nitrogens with zero attached hydrogens (tertiary/aromatic N) is 7. The molecule has 2 aliphatic rings. The number of benzene rings is 2. The second kappa shape index (κ2) is 10.9. The van der Waals surface area contributed by atoms with Crippen molar-refractivity contribution in [3.63, 3.8) is 0 Å². The third-order valence-electron chi connectivity index (χ3n) is 8.00. The Bertz CT molecular complexity index is 1520. The molecule has 41 heavy (non-hydrogen) atoms. The van der Waals surface area contributed by atoms with Gasteiger partial charge in [-0.25, -0.2) is 4.98 Å². The molecule has 0 spiro atoms. The van der Waals surface area contributed by atoms with Crippen LogP contribution in [0.2, 0.25) is 0 Å². The maximum atomic E-state index is 13.7. The summed E-state index contributed by atoms with van der Waals surface area (Å²) in [6.45, 7) is 6.39. The lowest BCUT2D eigenvalue weighted by Gasteiger charge is -2.29. The van der Waals surface area contributed by atoms with Gasteiger partial charge in [-0.15, -0.1) is 5.10 Å². The van der Waals surface area contributed by atoms with Crippen LogP contribution < -0.4 is 9.80 Å². The normalized spacial score (nSPS) is 15.5. The molecule has 0 aliphatic heterocycles. The van der Waals surface area contributed by atoms with Crippen molar-refractivity contribution < 1.29 is 13.2 Å². The first-order valence-corrected chi connectivity index (χ1v) is 14.5. The van der Waals surface area contributed by atoms with Gasteiger partial charge in [0.05, 0.1) is 18.1 Å². The number of tetrazole rings is 1. The third-order valence-corrected chi connectivity index (χ3v) is 8.00. The van der Waals surface area contributed by atoms with Crippen LogP contribution in [0, 0.1) is 18.8 Å². The monoisotopic (exact) mass is 563 g/mol. The number of aromatic nitrogens is 5. The number of hydrogen-bond donors (Lipinski definition) is 0. The fourth-order valence-electron chi connectivity index (χ4n) is 5.58. The Morgan fingerprint density at radius 3 is 2.27 bits per heavy atom. The van der Waals surface area contributed by atoms with Crippen molar-refractivity contribution in [1.29, 1.82) is 0 Å². The Labute approximate surface area is 238 Å². The molecule has 2 aliphatic carbocycles. The highest BCUT2D eigenvalue weighted by Crippen LogP contribution is 2.38. The molecule has 0 amide bonds. The van der Waals surface area contributed by atoms with Crippen molar-refractivity contribution in [2.45, 2.75) is 65.2 Å². The third kappa shape index (κ3) is 6.47. The molecule has 2 heterocycles. The zero-order valence-electron chi connectivity index (χ0n) is 23.8. The van der Waals surface area contributed by atoms with E-state index in [0.29, 0.717) is 35.5 Å². The van der Waals surface area contributed by atoms with Gasteiger partial charge < -0.3 is 9.80 Å². The molecule has 7 nitrogen and oxygen atoms in total. The van der Waals surface area contributed by atoms with E-state index in [1.165, 1.54) is 48.2 Å². The summed E-state index contributed by atoms with van der Waals surface area (Å²) in [5, 5.41) is 13.8. The molecule has 10 heteroatoms. The van der Waals surface area contributed by atoms with Crippen LogP contribution in [-0.4, -0.2) is 38.3 Å². The number of hydrogen-bond acceptors (Lipinski definition) is 6. The van der Waals surface area contributed by atoms with Gasteiger partial charge in [0, 0.05) is 37.1 Å². The molecule has 0 radical (unpaired) electrons. The van der Waals surface area contributed by atoms with E-state index in [1.54, 1.807) is 20.0 Å². The fourth-order valence-corrected chi connectivity index (χ4v) is 5.58. The second-order valence-corrected chi connectivity index (χ2v) is 11.7. The van der Waals surface area contributed by atoms with Crippen molar-refractivity contribution in [2.75, 3.05) is 22.9 Å². The number of halogens is 3.